The zero-order valence-electron chi connectivity index (χ0n) is 21.8. The van der Waals surface area contributed by atoms with Crippen LogP contribution in [0.4, 0.5) is 0 Å². The minimum absolute atomic E-state index is 0.864. The fraction of sp³-hybridized carbons (Fsp3) is 0.375. The topological polar surface area (TPSA) is 25.8 Å². The van der Waals surface area contributed by atoms with Crippen molar-refractivity contribution in [3.8, 4) is 11.3 Å². The zero-order chi connectivity index (χ0) is 24.7. The van der Waals surface area contributed by atoms with Gasteiger partial charge in [0.2, 0.25) is 0 Å². The summed E-state index contributed by atoms with van der Waals surface area (Å²) in [5.41, 5.74) is 4.93. The quantitative estimate of drug-likeness (QED) is 0.205. The first-order valence-electron chi connectivity index (χ1n) is 13.9. The highest BCUT2D eigenvalue weighted by molar-refractivity contribution is 7.26. The van der Waals surface area contributed by atoms with Gasteiger partial charge in [-0.1, -0.05) is 112 Å². The Hall–Kier alpha value is -2.56. The van der Waals surface area contributed by atoms with Crippen molar-refractivity contribution in [2.45, 2.75) is 71.0 Å². The number of fused-ring (bicyclic) bond motifs is 4. The first-order chi connectivity index (χ1) is 17.7. The normalized spacial score (nSPS) is 15.0. The molecule has 0 bridgehead atoms. The van der Waals surface area contributed by atoms with Crippen LogP contribution in [0.2, 0.25) is 18.1 Å². The van der Waals surface area contributed by atoms with Crippen molar-refractivity contribution in [3.05, 3.63) is 66.5 Å². The van der Waals surface area contributed by atoms with E-state index in [1.165, 1.54) is 86.9 Å². The lowest BCUT2D eigenvalue weighted by Crippen LogP contribution is -2.46. The summed E-state index contributed by atoms with van der Waals surface area (Å²) in [7, 11) is -1.59. The van der Waals surface area contributed by atoms with Crippen LogP contribution >= 0.6 is 11.3 Å². The maximum atomic E-state index is 4.90. The Bertz CT molecular complexity index is 1530. The first kappa shape index (κ1) is 23.8. The molecule has 1 aliphatic carbocycles. The third-order valence-electron chi connectivity index (χ3n) is 9.05. The van der Waals surface area contributed by atoms with Crippen LogP contribution in [0, 0.1) is 5.92 Å². The summed E-state index contributed by atoms with van der Waals surface area (Å²) in [4.78, 5) is 9.68. The molecule has 0 atom stereocenters. The fourth-order valence-corrected chi connectivity index (χ4v) is 11.8. The van der Waals surface area contributed by atoms with Crippen molar-refractivity contribution < 1.29 is 0 Å². The SMILES string of the molecule is CC[Si](CC)(CC)c1cc(-c2ncnc3c2sc2cc(CC4CCCC4)ccc23)cc2ccccc12. The minimum atomic E-state index is -1.59. The molecule has 0 saturated heterocycles. The molecule has 5 aromatic rings. The molecule has 2 aromatic heterocycles. The Morgan fingerprint density at radius 2 is 1.64 bits per heavy atom. The van der Waals surface area contributed by atoms with E-state index in [1.54, 1.807) is 11.5 Å². The molecule has 1 saturated carbocycles. The van der Waals surface area contributed by atoms with Gasteiger partial charge in [-0.05, 0) is 40.8 Å². The molecule has 2 nitrogen and oxygen atoms in total. The second-order valence-electron chi connectivity index (χ2n) is 10.8. The maximum Gasteiger partial charge on any atom is 0.116 e. The van der Waals surface area contributed by atoms with Gasteiger partial charge >= 0.3 is 0 Å². The van der Waals surface area contributed by atoms with Crippen molar-refractivity contribution in [1.29, 1.82) is 0 Å². The average Bonchev–Trinajstić information content (AvgIpc) is 3.57. The molecule has 4 heteroatoms. The summed E-state index contributed by atoms with van der Waals surface area (Å²) in [6, 6.07) is 24.7. The van der Waals surface area contributed by atoms with Crippen LogP contribution in [-0.2, 0) is 6.42 Å². The van der Waals surface area contributed by atoms with E-state index in [1.807, 2.05) is 11.3 Å². The largest absolute Gasteiger partial charge is 0.235 e. The van der Waals surface area contributed by atoms with Gasteiger partial charge in [-0.15, -0.1) is 11.3 Å². The lowest BCUT2D eigenvalue weighted by molar-refractivity contribution is 0.547. The molecule has 0 spiro atoms. The van der Waals surface area contributed by atoms with E-state index in [9.17, 15) is 0 Å². The van der Waals surface area contributed by atoms with Crippen molar-refractivity contribution in [3.63, 3.8) is 0 Å². The second-order valence-corrected chi connectivity index (χ2v) is 17.0. The Morgan fingerprint density at radius 3 is 2.42 bits per heavy atom. The molecule has 1 aliphatic rings. The number of hydrogen-bond acceptors (Lipinski definition) is 3. The number of aromatic nitrogens is 2. The van der Waals surface area contributed by atoms with Crippen LogP contribution in [0.25, 0.3) is 42.3 Å². The lowest BCUT2D eigenvalue weighted by atomic mass is 9.97. The second kappa shape index (κ2) is 9.72. The number of nitrogens with zero attached hydrogens (tertiary/aromatic N) is 2. The molecule has 0 amide bonds. The number of benzene rings is 3. The van der Waals surface area contributed by atoms with Gasteiger partial charge in [0.25, 0.3) is 0 Å². The van der Waals surface area contributed by atoms with Gasteiger partial charge in [-0.3, -0.25) is 0 Å². The van der Waals surface area contributed by atoms with Crippen molar-refractivity contribution >= 4 is 55.7 Å². The van der Waals surface area contributed by atoms with E-state index in [0.717, 1.165) is 17.1 Å². The standard InChI is InChI=1S/C32H36N2SSi/c1-4-36(5-2,6-3)29-20-25(19-24-13-9-10-14-26(24)29)30-32-31(34-21-33-30)27-16-15-23(18-28(27)35-32)17-22-11-7-8-12-22/h9-10,13-16,18-22H,4-8,11-12,17H2,1-3H3. The number of thiophene rings is 1. The highest BCUT2D eigenvalue weighted by Crippen LogP contribution is 2.39. The van der Waals surface area contributed by atoms with E-state index >= 15 is 0 Å². The van der Waals surface area contributed by atoms with E-state index in [2.05, 4.69) is 75.4 Å². The van der Waals surface area contributed by atoms with Crippen LogP contribution in [-0.4, -0.2) is 18.0 Å². The van der Waals surface area contributed by atoms with E-state index in [-0.39, 0.29) is 0 Å². The van der Waals surface area contributed by atoms with Gasteiger partial charge in [0.05, 0.1) is 24.0 Å². The van der Waals surface area contributed by atoms with Crippen LogP contribution < -0.4 is 5.19 Å². The Kier molecular flexibility index (Phi) is 6.43. The molecule has 184 valence electrons. The highest BCUT2D eigenvalue weighted by atomic mass is 32.1. The predicted octanol–water partition coefficient (Wildman–Crippen LogP) is 9.11. The van der Waals surface area contributed by atoms with Crippen molar-refractivity contribution in [1.82, 2.24) is 9.97 Å². The van der Waals surface area contributed by atoms with Gasteiger partial charge in [0, 0.05) is 15.6 Å². The first-order valence-corrected chi connectivity index (χ1v) is 17.3. The monoisotopic (exact) mass is 508 g/mol. The molecule has 0 aliphatic heterocycles. The van der Waals surface area contributed by atoms with Crippen molar-refractivity contribution in [2.24, 2.45) is 5.92 Å². The average molecular weight is 509 g/mol. The highest BCUT2D eigenvalue weighted by Gasteiger charge is 2.31. The number of rotatable bonds is 7. The molecule has 0 radical (unpaired) electrons. The summed E-state index contributed by atoms with van der Waals surface area (Å²) in [6.07, 6.45) is 8.58. The van der Waals surface area contributed by atoms with Crippen LogP contribution in [0.3, 0.4) is 0 Å². The van der Waals surface area contributed by atoms with Crippen LogP contribution in [0.15, 0.2) is 60.9 Å². The van der Waals surface area contributed by atoms with E-state index in [4.69, 9.17) is 9.97 Å². The van der Waals surface area contributed by atoms with E-state index in [0.29, 0.717) is 0 Å². The van der Waals surface area contributed by atoms with Gasteiger partial charge in [-0.2, -0.15) is 0 Å². The molecule has 0 unspecified atom stereocenters. The Morgan fingerprint density at radius 1 is 0.861 bits per heavy atom. The zero-order valence-corrected chi connectivity index (χ0v) is 23.6. The molecule has 1 fully saturated rings. The molecule has 6 rings (SSSR count). The molecule has 36 heavy (non-hydrogen) atoms. The fourth-order valence-electron chi connectivity index (χ4n) is 6.71. The van der Waals surface area contributed by atoms with Crippen LogP contribution in [0.5, 0.6) is 0 Å². The smallest absolute Gasteiger partial charge is 0.116 e. The molecule has 3 aromatic carbocycles. The van der Waals surface area contributed by atoms with Crippen LogP contribution in [0.1, 0.15) is 52.0 Å². The lowest BCUT2D eigenvalue weighted by Gasteiger charge is -2.30. The van der Waals surface area contributed by atoms with Gasteiger partial charge in [0.15, 0.2) is 0 Å². The molecular formula is C32H36N2SSi. The summed E-state index contributed by atoms with van der Waals surface area (Å²) in [6.45, 7) is 7.20. The summed E-state index contributed by atoms with van der Waals surface area (Å²) < 4.78 is 2.58. The molecule has 2 heterocycles. The summed E-state index contributed by atoms with van der Waals surface area (Å²) in [5.74, 6) is 0.864. The van der Waals surface area contributed by atoms with Crippen molar-refractivity contribution in [2.75, 3.05) is 0 Å². The van der Waals surface area contributed by atoms with E-state index < -0.39 is 8.07 Å². The van der Waals surface area contributed by atoms with Gasteiger partial charge in [0.1, 0.15) is 6.33 Å². The molecule has 0 N–H and O–H groups in total. The van der Waals surface area contributed by atoms with Gasteiger partial charge in [-0.25, -0.2) is 9.97 Å². The summed E-state index contributed by atoms with van der Waals surface area (Å²) >= 11 is 1.88. The maximum absolute atomic E-state index is 4.90. The Labute approximate surface area is 219 Å². The third kappa shape index (κ3) is 3.99. The summed E-state index contributed by atoms with van der Waals surface area (Å²) in [5, 5.41) is 5.66. The predicted molar refractivity (Wildman–Crippen MR) is 160 cm³/mol. The third-order valence-corrected chi connectivity index (χ3v) is 15.8. The van der Waals surface area contributed by atoms with Gasteiger partial charge < -0.3 is 0 Å². The Balaban J connectivity index is 1.52. The molecular weight excluding hydrogens is 473 g/mol. The number of hydrogen-bond donors (Lipinski definition) is 0. The minimum Gasteiger partial charge on any atom is -0.235 e.